The first kappa shape index (κ1) is 26.2. The van der Waals surface area contributed by atoms with Crippen LogP contribution in [0.3, 0.4) is 0 Å². The maximum atomic E-state index is 14.3. The number of carbonyl (C=O) groups is 1. The van der Waals surface area contributed by atoms with Gasteiger partial charge < -0.3 is 20.6 Å². The molecule has 4 aromatic heterocycles. The molecule has 1 aliphatic heterocycles. The molecule has 0 saturated carbocycles. The maximum Gasteiger partial charge on any atom is 0.255 e. The van der Waals surface area contributed by atoms with Crippen molar-refractivity contribution in [1.29, 1.82) is 5.26 Å². The van der Waals surface area contributed by atoms with Crippen LogP contribution >= 0.6 is 11.6 Å². The molecule has 4 aromatic rings. The van der Waals surface area contributed by atoms with Gasteiger partial charge in [0.05, 0.1) is 58.6 Å². The molecular weight excluding hydrogens is 527 g/mol. The van der Waals surface area contributed by atoms with E-state index < -0.39 is 17.7 Å². The zero-order valence-electron chi connectivity index (χ0n) is 21.0. The van der Waals surface area contributed by atoms with Gasteiger partial charge in [0.1, 0.15) is 12.2 Å². The summed E-state index contributed by atoms with van der Waals surface area (Å²) in [5, 5.41) is 30.4. The van der Waals surface area contributed by atoms with E-state index in [0.29, 0.717) is 52.2 Å². The van der Waals surface area contributed by atoms with Crippen molar-refractivity contribution in [3.8, 4) is 11.9 Å². The summed E-state index contributed by atoms with van der Waals surface area (Å²) >= 11 is 5.88. The molecule has 0 radical (unpaired) electrons. The predicted molar refractivity (Wildman–Crippen MR) is 142 cm³/mol. The van der Waals surface area contributed by atoms with Crippen molar-refractivity contribution >= 4 is 40.2 Å². The molecule has 1 fully saturated rings. The number of aromatic nitrogens is 6. The van der Waals surface area contributed by atoms with Gasteiger partial charge in [-0.15, -0.1) is 0 Å². The fourth-order valence-electron chi connectivity index (χ4n) is 3.96. The first-order valence-electron chi connectivity index (χ1n) is 12.0. The van der Waals surface area contributed by atoms with Crippen molar-refractivity contribution < 1.29 is 14.3 Å². The van der Waals surface area contributed by atoms with Crippen molar-refractivity contribution in [2.24, 2.45) is 0 Å². The molecule has 1 amide bonds. The molecule has 1 unspecified atom stereocenters. The molecule has 5 rings (SSSR count). The molecule has 3 N–H and O–H groups in total. The third-order valence-electron chi connectivity index (χ3n) is 6.23. The van der Waals surface area contributed by atoms with Crippen LogP contribution in [0.2, 0.25) is 5.02 Å². The third kappa shape index (κ3) is 5.57. The molecule has 14 heteroatoms. The Bertz CT molecular complexity index is 1560. The number of halogens is 2. The van der Waals surface area contributed by atoms with E-state index in [1.807, 2.05) is 11.0 Å². The lowest BCUT2D eigenvalue weighted by atomic mass is 10.0. The number of nitrogens with zero attached hydrogens (tertiary/aromatic N) is 8. The topological polar surface area (TPSA) is 158 Å². The van der Waals surface area contributed by atoms with Crippen molar-refractivity contribution in [3.63, 3.8) is 0 Å². The van der Waals surface area contributed by atoms with Crippen molar-refractivity contribution in [3.05, 3.63) is 59.3 Å². The van der Waals surface area contributed by atoms with Gasteiger partial charge in [0.25, 0.3) is 5.91 Å². The lowest BCUT2D eigenvalue weighted by molar-refractivity contribution is -0.00177. The van der Waals surface area contributed by atoms with Crippen LogP contribution in [0.5, 0.6) is 0 Å². The van der Waals surface area contributed by atoms with Crippen LogP contribution in [-0.4, -0.2) is 78.2 Å². The van der Waals surface area contributed by atoms with Crippen molar-refractivity contribution in [2.45, 2.75) is 31.7 Å². The number of aliphatic hydroxyl groups is 1. The van der Waals surface area contributed by atoms with Gasteiger partial charge in [-0.1, -0.05) is 11.6 Å². The van der Waals surface area contributed by atoms with E-state index in [2.05, 4.69) is 35.7 Å². The summed E-state index contributed by atoms with van der Waals surface area (Å²) in [7, 11) is 0. The van der Waals surface area contributed by atoms with Gasteiger partial charge in [-0.2, -0.15) is 15.0 Å². The van der Waals surface area contributed by atoms with Crippen LogP contribution in [0, 0.1) is 11.3 Å². The lowest BCUT2D eigenvalue weighted by Gasteiger charge is -2.40. The average Bonchev–Trinajstić information content (AvgIpc) is 3.32. The van der Waals surface area contributed by atoms with E-state index in [4.69, 9.17) is 16.9 Å². The van der Waals surface area contributed by atoms with Gasteiger partial charge in [0.2, 0.25) is 5.95 Å². The fraction of sp³-hybridized carbons (Fsp3) is 0.320. The first-order valence-corrected chi connectivity index (χ1v) is 12.4. The smallest absolute Gasteiger partial charge is 0.255 e. The molecule has 12 nitrogen and oxygen atoms in total. The van der Waals surface area contributed by atoms with E-state index >= 15 is 0 Å². The summed E-state index contributed by atoms with van der Waals surface area (Å²) in [5.74, 6) is 0.373. The minimum absolute atomic E-state index is 0.0537. The molecule has 0 aromatic carbocycles. The number of alkyl halides is 1. The highest BCUT2D eigenvalue weighted by Crippen LogP contribution is 2.25. The van der Waals surface area contributed by atoms with Crippen LogP contribution in [0.25, 0.3) is 16.9 Å². The normalized spacial score (nSPS) is 14.5. The number of nitrogens with one attached hydrogen (secondary N) is 2. The SMILES string of the molecule is CC(C)(O)C(F)CNC(=O)c1cnc(-n2ncc3cc(C#N)cnc32)cc1NC1CN(c2ncc(Cl)cn2)C1. The number of hydrogen-bond acceptors (Lipinski definition) is 10. The van der Waals surface area contributed by atoms with Crippen LogP contribution in [-0.2, 0) is 0 Å². The van der Waals surface area contributed by atoms with Gasteiger partial charge in [-0.05, 0) is 19.9 Å². The Balaban J connectivity index is 1.41. The van der Waals surface area contributed by atoms with Crippen molar-refractivity contribution in [1.82, 2.24) is 35.0 Å². The molecule has 0 bridgehead atoms. The largest absolute Gasteiger partial charge is 0.387 e. The molecule has 1 atom stereocenters. The van der Waals surface area contributed by atoms with E-state index in [9.17, 15) is 14.3 Å². The minimum atomic E-state index is -1.66. The second-order valence-corrected chi connectivity index (χ2v) is 10.1. The Morgan fingerprint density at radius 2 is 1.95 bits per heavy atom. The highest BCUT2D eigenvalue weighted by molar-refractivity contribution is 6.30. The number of hydrogen-bond donors (Lipinski definition) is 3. The molecular formula is C25H24ClFN10O2. The number of nitriles is 1. The number of anilines is 2. The van der Waals surface area contributed by atoms with Gasteiger partial charge in [-0.3, -0.25) is 4.79 Å². The zero-order chi connectivity index (χ0) is 27.7. The minimum Gasteiger partial charge on any atom is -0.387 e. The van der Waals surface area contributed by atoms with Crippen LogP contribution in [0.15, 0.2) is 43.1 Å². The van der Waals surface area contributed by atoms with Crippen LogP contribution in [0.4, 0.5) is 16.0 Å². The van der Waals surface area contributed by atoms with E-state index in [1.165, 1.54) is 43.3 Å². The Morgan fingerprint density at radius 3 is 2.64 bits per heavy atom. The number of rotatable bonds is 8. The second-order valence-electron chi connectivity index (χ2n) is 9.67. The van der Waals surface area contributed by atoms with E-state index in [-0.39, 0.29) is 18.2 Å². The first-order chi connectivity index (χ1) is 18.6. The molecule has 1 saturated heterocycles. The average molecular weight is 551 g/mol. The third-order valence-corrected chi connectivity index (χ3v) is 6.42. The van der Waals surface area contributed by atoms with Crippen LogP contribution < -0.4 is 15.5 Å². The number of fused-ring (bicyclic) bond motifs is 1. The summed E-state index contributed by atoms with van der Waals surface area (Å²) in [4.78, 5) is 32.2. The lowest BCUT2D eigenvalue weighted by Crippen LogP contribution is -2.55. The fourth-order valence-corrected chi connectivity index (χ4v) is 4.06. The quantitative estimate of drug-likeness (QED) is 0.297. The van der Waals surface area contributed by atoms with Gasteiger partial charge in [0, 0.05) is 36.9 Å². The number of pyridine rings is 2. The summed E-state index contributed by atoms with van der Waals surface area (Å²) in [6.07, 6.45) is 5.78. The molecule has 0 spiro atoms. The Kier molecular flexibility index (Phi) is 6.98. The molecule has 1 aliphatic rings. The number of amides is 1. The molecule has 200 valence electrons. The Labute approximate surface area is 227 Å². The number of carbonyl (C=O) groups excluding carboxylic acids is 1. The van der Waals surface area contributed by atoms with Gasteiger partial charge >= 0.3 is 0 Å². The van der Waals surface area contributed by atoms with Crippen molar-refractivity contribution in [2.75, 3.05) is 29.9 Å². The summed E-state index contributed by atoms with van der Waals surface area (Å²) in [5.41, 5.74) is -0.0605. The standard InChI is InChI=1S/C25H24ClFN10O2/c1-25(2,39)20(27)11-31-23(38)18-10-29-21(37-22-15(7-34-37)3-14(5-28)6-30-22)4-19(18)35-17-12-36(13-17)24-32-8-16(26)9-33-24/h3-4,6-10,17,20,39H,11-13H2,1-2H3,(H,29,35)(H,31,38). The summed E-state index contributed by atoms with van der Waals surface area (Å²) in [6.45, 7) is 3.43. The maximum absolute atomic E-state index is 14.3. The predicted octanol–water partition coefficient (Wildman–Crippen LogP) is 2.27. The van der Waals surface area contributed by atoms with Gasteiger partial charge in [-0.25, -0.2) is 24.3 Å². The molecule has 0 aliphatic carbocycles. The van der Waals surface area contributed by atoms with Crippen LogP contribution in [0.1, 0.15) is 29.8 Å². The van der Waals surface area contributed by atoms with Gasteiger partial charge in [0.15, 0.2) is 11.5 Å². The second kappa shape index (κ2) is 10.4. The van der Waals surface area contributed by atoms with E-state index in [1.54, 1.807) is 18.3 Å². The Hall–Kier alpha value is -4.41. The van der Waals surface area contributed by atoms with E-state index in [0.717, 1.165) is 0 Å². The zero-order valence-corrected chi connectivity index (χ0v) is 21.8. The monoisotopic (exact) mass is 550 g/mol. The molecule has 39 heavy (non-hydrogen) atoms. The highest BCUT2D eigenvalue weighted by atomic mass is 35.5. The Morgan fingerprint density at radius 1 is 1.21 bits per heavy atom. The highest BCUT2D eigenvalue weighted by Gasteiger charge is 2.31. The molecule has 5 heterocycles. The summed E-state index contributed by atoms with van der Waals surface area (Å²) < 4.78 is 15.8. The summed E-state index contributed by atoms with van der Waals surface area (Å²) in [6, 6.07) is 5.32.